The van der Waals surface area contributed by atoms with E-state index in [1.807, 2.05) is 29.5 Å². The Morgan fingerprint density at radius 2 is 2.12 bits per heavy atom. The Bertz CT molecular complexity index is 492. The van der Waals surface area contributed by atoms with E-state index in [4.69, 9.17) is 11.6 Å². The van der Waals surface area contributed by atoms with E-state index in [1.54, 1.807) is 0 Å². The topological polar surface area (TPSA) is 12.0 Å². The van der Waals surface area contributed by atoms with Crippen molar-refractivity contribution in [2.75, 3.05) is 0 Å². The largest absolute Gasteiger partial charge is 0.305 e. The molecule has 2 rings (SSSR count). The third-order valence-electron chi connectivity index (χ3n) is 2.73. The maximum Gasteiger partial charge on any atom is 0.0409 e. The van der Waals surface area contributed by atoms with Gasteiger partial charge in [0.25, 0.3) is 0 Å². The highest BCUT2D eigenvalue weighted by Gasteiger charge is 2.05. The van der Waals surface area contributed by atoms with Crippen molar-refractivity contribution >= 4 is 22.9 Å². The molecule has 0 spiro atoms. The van der Waals surface area contributed by atoms with Gasteiger partial charge < -0.3 is 5.32 Å². The smallest absolute Gasteiger partial charge is 0.0409 e. The number of halogens is 1. The Morgan fingerprint density at radius 3 is 2.76 bits per heavy atom. The predicted molar refractivity (Wildman–Crippen MR) is 75.8 cm³/mol. The molecule has 0 aliphatic carbocycles. The average Bonchev–Trinajstić information content (AvgIpc) is 2.72. The molecule has 0 amide bonds. The van der Waals surface area contributed by atoms with Crippen molar-refractivity contribution in [2.24, 2.45) is 0 Å². The molecule has 0 aliphatic rings. The summed E-state index contributed by atoms with van der Waals surface area (Å²) in [4.78, 5) is 2.73. The summed E-state index contributed by atoms with van der Waals surface area (Å²) in [5.74, 6) is 0. The Hall–Kier alpha value is -0.830. The Morgan fingerprint density at radius 1 is 1.29 bits per heavy atom. The fourth-order valence-corrected chi connectivity index (χ4v) is 2.77. The summed E-state index contributed by atoms with van der Waals surface area (Å²) in [6, 6.07) is 12.7. The van der Waals surface area contributed by atoms with Gasteiger partial charge >= 0.3 is 0 Å². The highest BCUT2D eigenvalue weighted by Crippen LogP contribution is 2.19. The monoisotopic (exact) mass is 265 g/mol. The van der Waals surface area contributed by atoms with Crippen LogP contribution in [-0.2, 0) is 6.54 Å². The van der Waals surface area contributed by atoms with Gasteiger partial charge in [0.15, 0.2) is 0 Å². The van der Waals surface area contributed by atoms with Crippen LogP contribution >= 0.6 is 22.9 Å². The van der Waals surface area contributed by atoms with Crippen LogP contribution in [0.4, 0.5) is 0 Å². The Balaban J connectivity index is 1.95. The summed E-state index contributed by atoms with van der Waals surface area (Å²) in [7, 11) is 0. The molecule has 0 saturated heterocycles. The third-order valence-corrected chi connectivity index (χ3v) is 3.96. The summed E-state index contributed by atoms with van der Waals surface area (Å²) in [5.41, 5.74) is 1.23. The van der Waals surface area contributed by atoms with E-state index in [0.29, 0.717) is 6.04 Å². The molecule has 2 aromatic rings. The molecular weight excluding hydrogens is 250 g/mol. The van der Waals surface area contributed by atoms with Crippen LogP contribution < -0.4 is 5.32 Å². The number of benzene rings is 1. The third kappa shape index (κ3) is 3.56. The highest BCUT2D eigenvalue weighted by atomic mass is 35.5. The van der Waals surface area contributed by atoms with E-state index in [9.17, 15) is 0 Å². The number of nitrogens with one attached hydrogen (secondary N) is 1. The molecule has 1 aromatic heterocycles. The van der Waals surface area contributed by atoms with Gasteiger partial charge in [0, 0.05) is 27.4 Å². The summed E-state index contributed by atoms with van der Waals surface area (Å²) >= 11 is 7.82. The molecule has 0 bridgehead atoms. The van der Waals surface area contributed by atoms with Gasteiger partial charge in [-0.1, -0.05) is 23.7 Å². The number of rotatable bonds is 4. The average molecular weight is 266 g/mol. The predicted octanol–water partition coefficient (Wildman–Crippen LogP) is 4.56. The molecule has 0 radical (unpaired) electrons. The fraction of sp³-hybridized carbons (Fsp3) is 0.286. The molecule has 0 aliphatic heterocycles. The molecule has 17 heavy (non-hydrogen) atoms. The Labute approximate surface area is 111 Å². The second kappa shape index (κ2) is 5.67. The van der Waals surface area contributed by atoms with Gasteiger partial charge in [-0.25, -0.2) is 0 Å². The zero-order valence-electron chi connectivity index (χ0n) is 10.0. The van der Waals surface area contributed by atoms with Crippen molar-refractivity contribution in [3.63, 3.8) is 0 Å². The van der Waals surface area contributed by atoms with Crippen molar-refractivity contribution < 1.29 is 0 Å². The molecule has 90 valence electrons. The SMILES string of the molecule is Cc1ccc(CN[C@H](C)c2cccc(Cl)c2)s1. The van der Waals surface area contributed by atoms with E-state index in [0.717, 1.165) is 11.6 Å². The van der Waals surface area contributed by atoms with Gasteiger partial charge in [-0.2, -0.15) is 0 Å². The van der Waals surface area contributed by atoms with Gasteiger partial charge in [-0.15, -0.1) is 11.3 Å². The lowest BCUT2D eigenvalue weighted by Crippen LogP contribution is -2.17. The molecular formula is C14H16ClNS. The van der Waals surface area contributed by atoms with Crippen LogP contribution in [0.1, 0.15) is 28.3 Å². The van der Waals surface area contributed by atoms with E-state index < -0.39 is 0 Å². The normalized spacial score (nSPS) is 12.6. The summed E-state index contributed by atoms with van der Waals surface area (Å²) in [6.07, 6.45) is 0. The first kappa shape index (κ1) is 12.6. The fourth-order valence-electron chi connectivity index (χ4n) is 1.73. The second-order valence-electron chi connectivity index (χ2n) is 4.17. The van der Waals surface area contributed by atoms with Gasteiger partial charge in [0.2, 0.25) is 0 Å². The van der Waals surface area contributed by atoms with Crippen molar-refractivity contribution in [1.29, 1.82) is 0 Å². The minimum Gasteiger partial charge on any atom is -0.305 e. The first-order valence-electron chi connectivity index (χ1n) is 5.69. The van der Waals surface area contributed by atoms with E-state index >= 15 is 0 Å². The number of aryl methyl sites for hydroxylation is 1. The zero-order valence-corrected chi connectivity index (χ0v) is 11.6. The maximum atomic E-state index is 5.98. The number of thiophene rings is 1. The molecule has 3 heteroatoms. The lowest BCUT2D eigenvalue weighted by atomic mass is 10.1. The molecule has 1 nitrogen and oxygen atoms in total. The van der Waals surface area contributed by atoms with Crippen LogP contribution in [0.25, 0.3) is 0 Å². The molecule has 0 unspecified atom stereocenters. The lowest BCUT2D eigenvalue weighted by molar-refractivity contribution is 0.579. The second-order valence-corrected chi connectivity index (χ2v) is 5.98. The van der Waals surface area contributed by atoms with Gasteiger partial charge in [-0.3, -0.25) is 0 Å². The summed E-state index contributed by atoms with van der Waals surface area (Å²) < 4.78 is 0. The van der Waals surface area contributed by atoms with Gasteiger partial charge in [-0.05, 0) is 43.7 Å². The van der Waals surface area contributed by atoms with Crippen molar-refractivity contribution in [3.05, 3.63) is 56.7 Å². The van der Waals surface area contributed by atoms with Gasteiger partial charge in [0.05, 0.1) is 0 Å². The van der Waals surface area contributed by atoms with E-state index in [-0.39, 0.29) is 0 Å². The van der Waals surface area contributed by atoms with Crippen LogP contribution in [0, 0.1) is 6.92 Å². The van der Waals surface area contributed by atoms with Crippen molar-refractivity contribution in [3.8, 4) is 0 Å². The Kier molecular flexibility index (Phi) is 4.21. The van der Waals surface area contributed by atoms with Crippen LogP contribution in [0.3, 0.4) is 0 Å². The molecule has 1 heterocycles. The summed E-state index contributed by atoms with van der Waals surface area (Å²) in [6.45, 7) is 5.20. The standard InChI is InChI=1S/C14H16ClNS/c1-10-6-7-14(17-10)9-16-11(2)12-4-3-5-13(15)8-12/h3-8,11,16H,9H2,1-2H3/t11-/m1/s1. The minimum absolute atomic E-state index is 0.316. The number of hydrogen-bond acceptors (Lipinski definition) is 2. The molecule has 0 saturated carbocycles. The van der Waals surface area contributed by atoms with Crippen LogP contribution in [0.15, 0.2) is 36.4 Å². The van der Waals surface area contributed by atoms with E-state index in [2.05, 4.69) is 37.4 Å². The van der Waals surface area contributed by atoms with Crippen LogP contribution in [0.2, 0.25) is 5.02 Å². The number of hydrogen-bond donors (Lipinski definition) is 1. The quantitative estimate of drug-likeness (QED) is 0.855. The highest BCUT2D eigenvalue weighted by molar-refractivity contribution is 7.11. The van der Waals surface area contributed by atoms with Crippen molar-refractivity contribution in [1.82, 2.24) is 5.32 Å². The maximum absolute atomic E-state index is 5.98. The van der Waals surface area contributed by atoms with Gasteiger partial charge in [0.1, 0.15) is 0 Å². The summed E-state index contributed by atoms with van der Waals surface area (Å²) in [5, 5.41) is 4.30. The van der Waals surface area contributed by atoms with Crippen molar-refractivity contribution in [2.45, 2.75) is 26.4 Å². The van der Waals surface area contributed by atoms with E-state index in [1.165, 1.54) is 15.3 Å². The molecule has 0 fully saturated rings. The van der Waals surface area contributed by atoms with Crippen LogP contribution in [0.5, 0.6) is 0 Å². The molecule has 1 N–H and O–H groups in total. The van der Waals surface area contributed by atoms with Crippen LogP contribution in [-0.4, -0.2) is 0 Å². The first-order valence-corrected chi connectivity index (χ1v) is 6.89. The zero-order chi connectivity index (χ0) is 12.3. The minimum atomic E-state index is 0.316. The molecule has 1 aromatic carbocycles. The molecule has 1 atom stereocenters. The lowest BCUT2D eigenvalue weighted by Gasteiger charge is -2.13. The first-order chi connectivity index (χ1) is 8.15.